The summed E-state index contributed by atoms with van der Waals surface area (Å²) in [7, 11) is 0. The molecule has 0 aromatic heterocycles. The lowest BCUT2D eigenvalue weighted by Crippen LogP contribution is -1.99. The van der Waals surface area contributed by atoms with Crippen LogP contribution < -0.4 is 10.5 Å². The summed E-state index contributed by atoms with van der Waals surface area (Å²) in [6.45, 7) is 5.09. The summed E-state index contributed by atoms with van der Waals surface area (Å²) in [4.78, 5) is 0. The lowest BCUT2D eigenvalue weighted by Gasteiger charge is -2.10. The minimum absolute atomic E-state index is 0.228. The summed E-state index contributed by atoms with van der Waals surface area (Å²) >= 11 is 0. The Morgan fingerprint density at radius 2 is 1.80 bits per heavy atom. The van der Waals surface area contributed by atoms with E-state index in [9.17, 15) is 5.11 Å². The standard InChI is InChI=1S/C17H21NO2/c1-12(2)14-5-7-16(8-6-14)20-11-15-4-3-13(10-18)9-17(15)19/h3-9,12,19H,10-11,18H2,1-2H3. The monoisotopic (exact) mass is 271 g/mol. The third-order valence-corrected chi connectivity index (χ3v) is 3.33. The molecule has 20 heavy (non-hydrogen) atoms. The molecule has 0 saturated heterocycles. The van der Waals surface area contributed by atoms with Gasteiger partial charge in [-0.05, 0) is 35.2 Å². The summed E-state index contributed by atoms with van der Waals surface area (Å²) in [5.74, 6) is 1.54. The molecule has 0 unspecified atom stereocenters. The molecule has 0 heterocycles. The zero-order chi connectivity index (χ0) is 14.5. The highest BCUT2D eigenvalue weighted by Gasteiger charge is 2.04. The van der Waals surface area contributed by atoms with Crippen molar-refractivity contribution in [2.75, 3.05) is 0 Å². The predicted molar refractivity (Wildman–Crippen MR) is 80.9 cm³/mol. The Morgan fingerprint density at radius 1 is 1.10 bits per heavy atom. The van der Waals surface area contributed by atoms with Gasteiger partial charge in [0.25, 0.3) is 0 Å². The number of ether oxygens (including phenoxy) is 1. The summed E-state index contributed by atoms with van der Waals surface area (Å²) in [6.07, 6.45) is 0. The Labute approximate surface area is 120 Å². The lowest BCUT2D eigenvalue weighted by molar-refractivity contribution is 0.299. The first-order valence-corrected chi connectivity index (χ1v) is 6.83. The van der Waals surface area contributed by atoms with E-state index in [1.54, 1.807) is 6.07 Å². The van der Waals surface area contributed by atoms with Gasteiger partial charge in [-0.15, -0.1) is 0 Å². The summed E-state index contributed by atoms with van der Waals surface area (Å²) in [5.41, 5.74) is 8.48. The fraction of sp³-hybridized carbons (Fsp3) is 0.294. The molecule has 0 aliphatic heterocycles. The molecule has 0 aliphatic carbocycles. The number of rotatable bonds is 5. The lowest BCUT2D eigenvalue weighted by atomic mass is 10.0. The maximum absolute atomic E-state index is 9.88. The van der Waals surface area contributed by atoms with Gasteiger partial charge in [0.15, 0.2) is 0 Å². The number of aromatic hydroxyl groups is 1. The normalized spacial score (nSPS) is 10.8. The van der Waals surface area contributed by atoms with E-state index in [0.717, 1.165) is 16.9 Å². The largest absolute Gasteiger partial charge is 0.508 e. The first-order valence-electron chi connectivity index (χ1n) is 6.83. The fourth-order valence-corrected chi connectivity index (χ4v) is 1.97. The Kier molecular flexibility index (Phi) is 4.64. The quantitative estimate of drug-likeness (QED) is 0.874. The van der Waals surface area contributed by atoms with Crippen LogP contribution in [0.4, 0.5) is 0 Å². The van der Waals surface area contributed by atoms with Crippen LogP contribution >= 0.6 is 0 Å². The molecule has 0 spiro atoms. The van der Waals surface area contributed by atoms with E-state index in [0.29, 0.717) is 19.1 Å². The third kappa shape index (κ3) is 3.52. The maximum atomic E-state index is 9.88. The van der Waals surface area contributed by atoms with Gasteiger partial charge in [0.1, 0.15) is 18.1 Å². The van der Waals surface area contributed by atoms with Crippen molar-refractivity contribution in [1.82, 2.24) is 0 Å². The van der Waals surface area contributed by atoms with E-state index in [4.69, 9.17) is 10.5 Å². The van der Waals surface area contributed by atoms with Crippen molar-refractivity contribution in [2.24, 2.45) is 5.73 Å². The molecule has 0 bridgehead atoms. The number of benzene rings is 2. The molecule has 2 rings (SSSR count). The molecular weight excluding hydrogens is 250 g/mol. The fourth-order valence-electron chi connectivity index (χ4n) is 1.97. The number of hydrogen-bond acceptors (Lipinski definition) is 3. The minimum Gasteiger partial charge on any atom is -0.508 e. The molecule has 0 amide bonds. The first-order chi connectivity index (χ1) is 9.60. The van der Waals surface area contributed by atoms with Crippen LogP contribution in [0, 0.1) is 0 Å². The SMILES string of the molecule is CC(C)c1ccc(OCc2ccc(CN)cc2O)cc1. The van der Waals surface area contributed by atoms with Crippen LogP contribution in [0.15, 0.2) is 42.5 Å². The van der Waals surface area contributed by atoms with E-state index in [1.165, 1.54) is 5.56 Å². The Balaban J connectivity index is 2.01. The Morgan fingerprint density at radius 3 is 2.35 bits per heavy atom. The second kappa shape index (κ2) is 6.44. The van der Waals surface area contributed by atoms with Crippen LogP contribution in [0.3, 0.4) is 0 Å². The molecule has 0 atom stereocenters. The van der Waals surface area contributed by atoms with Gasteiger partial charge in [-0.3, -0.25) is 0 Å². The summed E-state index contributed by atoms with van der Waals surface area (Å²) < 4.78 is 5.69. The molecule has 2 aromatic carbocycles. The molecule has 106 valence electrons. The van der Waals surface area contributed by atoms with E-state index >= 15 is 0 Å². The molecular formula is C17H21NO2. The number of phenolic OH excluding ortho intramolecular Hbond substituents is 1. The summed E-state index contributed by atoms with van der Waals surface area (Å²) in [5, 5.41) is 9.88. The van der Waals surface area contributed by atoms with Crippen LogP contribution in [0.1, 0.15) is 36.5 Å². The van der Waals surface area contributed by atoms with Gasteiger partial charge < -0.3 is 15.6 Å². The molecule has 0 radical (unpaired) electrons. The van der Waals surface area contributed by atoms with E-state index < -0.39 is 0 Å². The highest BCUT2D eigenvalue weighted by Crippen LogP contribution is 2.22. The molecule has 0 fully saturated rings. The Hall–Kier alpha value is -2.00. The second-order valence-corrected chi connectivity index (χ2v) is 5.18. The van der Waals surface area contributed by atoms with Gasteiger partial charge in [-0.1, -0.05) is 38.1 Å². The van der Waals surface area contributed by atoms with E-state index in [2.05, 4.69) is 26.0 Å². The molecule has 0 aliphatic rings. The van der Waals surface area contributed by atoms with Crippen molar-refractivity contribution in [2.45, 2.75) is 32.9 Å². The number of hydrogen-bond donors (Lipinski definition) is 2. The first kappa shape index (κ1) is 14.4. The average molecular weight is 271 g/mol. The van der Waals surface area contributed by atoms with Crippen LogP contribution in [0.2, 0.25) is 0 Å². The molecule has 3 nitrogen and oxygen atoms in total. The topological polar surface area (TPSA) is 55.5 Å². The third-order valence-electron chi connectivity index (χ3n) is 3.33. The molecule has 3 heteroatoms. The molecule has 0 saturated carbocycles. The van der Waals surface area contributed by atoms with Gasteiger partial charge >= 0.3 is 0 Å². The maximum Gasteiger partial charge on any atom is 0.122 e. The minimum atomic E-state index is 0.228. The van der Waals surface area contributed by atoms with Gasteiger partial charge in [0, 0.05) is 12.1 Å². The van der Waals surface area contributed by atoms with Gasteiger partial charge in [-0.2, -0.15) is 0 Å². The zero-order valence-electron chi connectivity index (χ0n) is 12.0. The van der Waals surface area contributed by atoms with Crippen LogP contribution in [-0.2, 0) is 13.2 Å². The van der Waals surface area contributed by atoms with Crippen LogP contribution in [0.5, 0.6) is 11.5 Å². The van der Waals surface area contributed by atoms with Crippen molar-refractivity contribution in [3.05, 3.63) is 59.2 Å². The second-order valence-electron chi connectivity index (χ2n) is 5.18. The van der Waals surface area contributed by atoms with Crippen LogP contribution in [0.25, 0.3) is 0 Å². The van der Waals surface area contributed by atoms with Gasteiger partial charge in [-0.25, -0.2) is 0 Å². The zero-order valence-corrected chi connectivity index (χ0v) is 12.0. The molecule has 3 N–H and O–H groups in total. The van der Waals surface area contributed by atoms with Gasteiger partial charge in [0.05, 0.1) is 0 Å². The summed E-state index contributed by atoms with van der Waals surface area (Å²) in [6, 6.07) is 13.5. The van der Waals surface area contributed by atoms with Crippen molar-refractivity contribution in [1.29, 1.82) is 0 Å². The van der Waals surface area contributed by atoms with E-state index in [1.807, 2.05) is 24.3 Å². The van der Waals surface area contributed by atoms with Crippen molar-refractivity contribution in [3.63, 3.8) is 0 Å². The van der Waals surface area contributed by atoms with Crippen molar-refractivity contribution >= 4 is 0 Å². The highest BCUT2D eigenvalue weighted by molar-refractivity contribution is 5.36. The number of nitrogens with two attached hydrogens (primary N) is 1. The number of phenols is 1. The highest BCUT2D eigenvalue weighted by atomic mass is 16.5. The van der Waals surface area contributed by atoms with Crippen molar-refractivity contribution in [3.8, 4) is 11.5 Å². The predicted octanol–water partition coefficient (Wildman–Crippen LogP) is 3.55. The smallest absolute Gasteiger partial charge is 0.122 e. The van der Waals surface area contributed by atoms with Gasteiger partial charge in [0.2, 0.25) is 0 Å². The van der Waals surface area contributed by atoms with Crippen molar-refractivity contribution < 1.29 is 9.84 Å². The molecule has 2 aromatic rings. The van der Waals surface area contributed by atoms with E-state index in [-0.39, 0.29) is 5.75 Å². The Bertz CT molecular complexity index is 562. The van der Waals surface area contributed by atoms with Crippen LogP contribution in [-0.4, -0.2) is 5.11 Å². The average Bonchev–Trinajstić information content (AvgIpc) is 2.46.